The molecule has 1 aromatic carbocycles. The molecule has 0 spiro atoms. The van der Waals surface area contributed by atoms with Crippen LogP contribution in [0, 0.1) is 0 Å². The summed E-state index contributed by atoms with van der Waals surface area (Å²) >= 11 is 3.48. The standard InChI is InChI=1S/C20H24BrN3O2/c1-20(2,3)14-8-6-13(7-9-14)17-16-15(12-24(17)11-10-21)22(4)19(26)23(5)18(16)25/h6-9,12H,10-11H2,1-5H3. The number of rotatable bonds is 3. The van der Waals surface area contributed by atoms with Crippen LogP contribution >= 0.6 is 15.9 Å². The molecule has 2 aromatic heterocycles. The molecule has 0 unspecified atom stereocenters. The molecule has 0 aliphatic rings. The summed E-state index contributed by atoms with van der Waals surface area (Å²) in [6, 6.07) is 8.34. The Kier molecular flexibility index (Phi) is 4.73. The van der Waals surface area contributed by atoms with Crippen molar-refractivity contribution in [1.29, 1.82) is 0 Å². The van der Waals surface area contributed by atoms with Crippen LogP contribution in [0.3, 0.4) is 0 Å². The van der Waals surface area contributed by atoms with Crippen molar-refractivity contribution >= 4 is 26.8 Å². The van der Waals surface area contributed by atoms with E-state index in [1.165, 1.54) is 21.7 Å². The van der Waals surface area contributed by atoms with Crippen LogP contribution in [0.5, 0.6) is 0 Å². The predicted octanol–water partition coefficient (Wildman–Crippen LogP) is 3.40. The highest BCUT2D eigenvalue weighted by Gasteiger charge is 2.20. The first kappa shape index (κ1) is 18.7. The summed E-state index contributed by atoms with van der Waals surface area (Å²) in [6.07, 6.45) is 1.90. The molecule has 3 aromatic rings. The first-order chi connectivity index (χ1) is 12.2. The van der Waals surface area contributed by atoms with Crippen LogP contribution in [0.25, 0.3) is 22.2 Å². The minimum Gasteiger partial charge on any atom is -0.344 e. The first-order valence-electron chi connectivity index (χ1n) is 8.62. The van der Waals surface area contributed by atoms with E-state index in [9.17, 15) is 9.59 Å². The van der Waals surface area contributed by atoms with E-state index in [0.29, 0.717) is 17.4 Å². The van der Waals surface area contributed by atoms with Crippen LogP contribution < -0.4 is 11.2 Å². The van der Waals surface area contributed by atoms with Gasteiger partial charge in [-0.1, -0.05) is 61.0 Å². The maximum Gasteiger partial charge on any atom is 0.330 e. The van der Waals surface area contributed by atoms with E-state index in [-0.39, 0.29) is 16.7 Å². The summed E-state index contributed by atoms with van der Waals surface area (Å²) in [6.45, 7) is 7.24. The molecule has 2 heterocycles. The third-order valence-electron chi connectivity index (χ3n) is 4.86. The van der Waals surface area contributed by atoms with E-state index in [0.717, 1.165) is 16.6 Å². The van der Waals surface area contributed by atoms with E-state index >= 15 is 0 Å². The summed E-state index contributed by atoms with van der Waals surface area (Å²) in [4.78, 5) is 25.1. The second kappa shape index (κ2) is 6.58. The molecular formula is C20H24BrN3O2. The lowest BCUT2D eigenvalue weighted by atomic mass is 9.86. The second-order valence-electron chi connectivity index (χ2n) is 7.65. The van der Waals surface area contributed by atoms with Crippen molar-refractivity contribution in [3.63, 3.8) is 0 Å². The molecule has 0 amide bonds. The molecule has 0 fully saturated rings. The number of hydrogen-bond donors (Lipinski definition) is 0. The third-order valence-corrected chi connectivity index (χ3v) is 5.22. The van der Waals surface area contributed by atoms with E-state index < -0.39 is 0 Å². The Balaban J connectivity index is 2.36. The molecule has 5 nitrogen and oxygen atoms in total. The molecule has 0 saturated carbocycles. The van der Waals surface area contributed by atoms with Crippen LogP contribution in [0.1, 0.15) is 26.3 Å². The van der Waals surface area contributed by atoms with Crippen molar-refractivity contribution in [1.82, 2.24) is 13.7 Å². The van der Waals surface area contributed by atoms with Crippen LogP contribution in [0.15, 0.2) is 40.1 Å². The van der Waals surface area contributed by atoms with Gasteiger partial charge >= 0.3 is 5.69 Å². The molecular weight excluding hydrogens is 394 g/mol. The Labute approximate surface area is 161 Å². The quantitative estimate of drug-likeness (QED) is 0.613. The van der Waals surface area contributed by atoms with E-state index in [4.69, 9.17) is 0 Å². The highest BCUT2D eigenvalue weighted by molar-refractivity contribution is 9.09. The second-order valence-corrected chi connectivity index (χ2v) is 8.45. The van der Waals surface area contributed by atoms with Gasteiger partial charge in [0.05, 0.1) is 16.6 Å². The smallest absolute Gasteiger partial charge is 0.330 e. The zero-order chi connectivity index (χ0) is 19.2. The lowest BCUT2D eigenvalue weighted by Gasteiger charge is -2.19. The lowest BCUT2D eigenvalue weighted by molar-refractivity contribution is 0.590. The molecule has 0 atom stereocenters. The van der Waals surface area contributed by atoms with Crippen LogP contribution in [-0.4, -0.2) is 19.0 Å². The first-order valence-corrected chi connectivity index (χ1v) is 9.74. The Morgan fingerprint density at radius 2 is 1.62 bits per heavy atom. The van der Waals surface area contributed by atoms with Gasteiger partial charge in [-0.3, -0.25) is 13.9 Å². The average molecular weight is 418 g/mol. The van der Waals surface area contributed by atoms with E-state index in [2.05, 4.69) is 61.0 Å². The summed E-state index contributed by atoms with van der Waals surface area (Å²) in [5.74, 6) is 0. The zero-order valence-corrected chi connectivity index (χ0v) is 17.4. The van der Waals surface area contributed by atoms with Gasteiger partial charge in [0.25, 0.3) is 5.56 Å². The fourth-order valence-electron chi connectivity index (χ4n) is 3.30. The van der Waals surface area contributed by atoms with Crippen molar-refractivity contribution in [2.45, 2.75) is 32.7 Å². The Bertz CT molecular complexity index is 1080. The predicted molar refractivity (Wildman–Crippen MR) is 110 cm³/mol. The SMILES string of the molecule is Cn1c(=O)c2c(-c3ccc(C(C)(C)C)cc3)n(CCBr)cc2n(C)c1=O. The van der Waals surface area contributed by atoms with Crippen molar-refractivity contribution in [3.05, 3.63) is 56.9 Å². The summed E-state index contributed by atoms with van der Waals surface area (Å²) in [5, 5.41) is 1.34. The number of alkyl halides is 1. The molecule has 0 aliphatic heterocycles. The van der Waals surface area contributed by atoms with Crippen LogP contribution in [0.2, 0.25) is 0 Å². The number of fused-ring (bicyclic) bond motifs is 1. The van der Waals surface area contributed by atoms with Gasteiger partial charge in [-0.15, -0.1) is 0 Å². The van der Waals surface area contributed by atoms with Crippen molar-refractivity contribution in [2.75, 3.05) is 5.33 Å². The molecule has 0 N–H and O–H groups in total. The number of benzene rings is 1. The van der Waals surface area contributed by atoms with Gasteiger partial charge in [-0.2, -0.15) is 0 Å². The number of aromatic nitrogens is 3. The van der Waals surface area contributed by atoms with Crippen LogP contribution in [0.4, 0.5) is 0 Å². The highest BCUT2D eigenvalue weighted by Crippen LogP contribution is 2.30. The number of aryl methyl sites for hydroxylation is 2. The highest BCUT2D eigenvalue weighted by atomic mass is 79.9. The fraction of sp³-hybridized carbons (Fsp3) is 0.400. The summed E-state index contributed by atoms with van der Waals surface area (Å²) < 4.78 is 4.76. The van der Waals surface area contributed by atoms with Crippen molar-refractivity contribution in [2.24, 2.45) is 14.1 Å². The maximum absolute atomic E-state index is 12.9. The topological polar surface area (TPSA) is 48.9 Å². The summed E-state index contributed by atoms with van der Waals surface area (Å²) in [7, 11) is 3.23. The molecule has 0 bridgehead atoms. The van der Waals surface area contributed by atoms with Crippen LogP contribution in [-0.2, 0) is 26.1 Å². The monoisotopic (exact) mass is 417 g/mol. The Hall–Kier alpha value is -2.08. The van der Waals surface area contributed by atoms with E-state index in [1.807, 2.05) is 10.8 Å². The van der Waals surface area contributed by atoms with Crippen molar-refractivity contribution in [3.8, 4) is 11.3 Å². The number of halogens is 1. The molecule has 138 valence electrons. The van der Waals surface area contributed by atoms with Gasteiger partial charge < -0.3 is 4.57 Å². The van der Waals surface area contributed by atoms with Gasteiger partial charge in [-0.05, 0) is 16.5 Å². The third kappa shape index (κ3) is 2.96. The van der Waals surface area contributed by atoms with Gasteiger partial charge in [0.2, 0.25) is 0 Å². The molecule has 26 heavy (non-hydrogen) atoms. The van der Waals surface area contributed by atoms with Gasteiger partial charge in [0.1, 0.15) is 0 Å². The Morgan fingerprint density at radius 3 is 2.15 bits per heavy atom. The molecule has 0 saturated heterocycles. The normalized spacial score (nSPS) is 12.1. The summed E-state index contributed by atoms with van der Waals surface area (Å²) in [5.41, 5.74) is 3.23. The fourth-order valence-corrected chi connectivity index (χ4v) is 3.68. The molecule has 0 radical (unpaired) electrons. The van der Waals surface area contributed by atoms with E-state index in [1.54, 1.807) is 7.05 Å². The molecule has 0 aliphatic carbocycles. The Morgan fingerprint density at radius 1 is 1.00 bits per heavy atom. The number of hydrogen-bond acceptors (Lipinski definition) is 2. The van der Waals surface area contributed by atoms with Gasteiger partial charge in [0, 0.05) is 32.2 Å². The molecule has 6 heteroatoms. The average Bonchev–Trinajstić information content (AvgIpc) is 2.97. The van der Waals surface area contributed by atoms with Gasteiger partial charge in [-0.25, -0.2) is 4.79 Å². The zero-order valence-electron chi connectivity index (χ0n) is 15.8. The van der Waals surface area contributed by atoms with Crippen molar-refractivity contribution < 1.29 is 0 Å². The molecule has 3 rings (SSSR count). The minimum absolute atomic E-state index is 0.0679. The largest absolute Gasteiger partial charge is 0.344 e. The minimum atomic E-state index is -0.312. The lowest BCUT2D eigenvalue weighted by Crippen LogP contribution is -2.36. The maximum atomic E-state index is 12.9. The number of nitrogens with zero attached hydrogens (tertiary/aromatic N) is 3. The van der Waals surface area contributed by atoms with Gasteiger partial charge in [0.15, 0.2) is 0 Å².